The Morgan fingerprint density at radius 2 is 1.50 bits per heavy atom. The minimum absolute atomic E-state index is 0.386. The predicted octanol–water partition coefficient (Wildman–Crippen LogP) is 2.55. The molecule has 0 heterocycles. The Balaban J connectivity index is 5.11. The maximum atomic E-state index is 12.1. The van der Waals surface area contributed by atoms with Crippen LogP contribution in [0.2, 0.25) is 0 Å². The van der Waals surface area contributed by atoms with Crippen LogP contribution in [0.4, 0.5) is 4.79 Å². The second-order valence-electron chi connectivity index (χ2n) is 7.02. The first-order valence-corrected chi connectivity index (χ1v) is 7.86. The lowest BCUT2D eigenvalue weighted by molar-refractivity contribution is 0.0451. The van der Waals surface area contributed by atoms with Crippen molar-refractivity contribution in [3.05, 3.63) is 0 Å². The van der Waals surface area contributed by atoms with Crippen LogP contribution in [0.1, 0.15) is 47.5 Å². The Morgan fingerprint density at radius 1 is 1.05 bits per heavy atom. The first kappa shape index (κ1) is 20.5. The molecule has 0 unspecified atom stereocenters. The van der Waals surface area contributed by atoms with Gasteiger partial charge in [0.05, 0.1) is 12.1 Å². The van der Waals surface area contributed by atoms with E-state index < -0.39 is 5.60 Å². The molecule has 0 saturated carbocycles. The molecule has 0 atom stereocenters. The molecular weight excluding hydrogens is 280 g/mol. The summed E-state index contributed by atoms with van der Waals surface area (Å²) in [4.78, 5) is 20.7. The van der Waals surface area contributed by atoms with E-state index in [2.05, 4.69) is 24.2 Å². The predicted molar refractivity (Wildman–Crippen MR) is 92.4 cm³/mol. The Kier molecular flexibility index (Phi) is 7.70. The molecule has 0 rings (SSSR count). The molecule has 0 aliphatic carbocycles. The monoisotopic (exact) mass is 314 g/mol. The van der Waals surface area contributed by atoms with Crippen molar-refractivity contribution in [2.45, 2.75) is 58.6 Å². The Morgan fingerprint density at radius 3 is 1.82 bits per heavy atom. The van der Waals surface area contributed by atoms with Crippen molar-refractivity contribution in [3.63, 3.8) is 0 Å². The lowest BCUT2D eigenvalue weighted by Gasteiger charge is -2.33. The minimum Gasteiger partial charge on any atom is -0.444 e. The fraction of sp³-hybridized carbons (Fsp3) is 0.875. The van der Waals surface area contributed by atoms with Gasteiger partial charge in [0.15, 0.2) is 5.96 Å². The Hall–Kier alpha value is -1.46. The minimum atomic E-state index is -0.501. The van der Waals surface area contributed by atoms with E-state index >= 15 is 0 Å². The van der Waals surface area contributed by atoms with E-state index in [4.69, 9.17) is 4.74 Å². The van der Waals surface area contributed by atoms with Crippen LogP contribution in [0, 0.1) is 0 Å². The van der Waals surface area contributed by atoms with Gasteiger partial charge in [-0.2, -0.15) is 0 Å². The quantitative estimate of drug-likeness (QED) is 0.626. The number of guanidine groups is 1. The highest BCUT2D eigenvalue weighted by molar-refractivity contribution is 5.79. The summed E-state index contributed by atoms with van der Waals surface area (Å²) in [5, 5.41) is 3.01. The molecule has 1 N–H and O–H groups in total. The number of nitrogens with one attached hydrogen (secondary N) is 1. The lowest BCUT2D eigenvalue weighted by Crippen LogP contribution is -2.52. The second kappa shape index (κ2) is 8.25. The topological polar surface area (TPSA) is 57.2 Å². The number of hydrogen-bond acceptors (Lipinski definition) is 3. The summed E-state index contributed by atoms with van der Waals surface area (Å²) in [6.07, 6.45) is 1.20. The van der Waals surface area contributed by atoms with Gasteiger partial charge in [0, 0.05) is 28.2 Å². The van der Waals surface area contributed by atoms with Crippen molar-refractivity contribution in [1.29, 1.82) is 0 Å². The van der Waals surface area contributed by atoms with E-state index in [0.29, 0.717) is 6.54 Å². The van der Waals surface area contributed by atoms with Gasteiger partial charge in [0.25, 0.3) is 0 Å². The SMILES string of the molecule is CCC(CC)(CN=C(N(C)C)N(C)C)NC(=O)OC(C)(C)C. The number of alkyl carbamates (subject to hydrolysis) is 1. The summed E-state index contributed by atoms with van der Waals surface area (Å²) in [5.74, 6) is 0.872. The summed E-state index contributed by atoms with van der Waals surface area (Å²) in [6, 6.07) is 0. The molecule has 0 spiro atoms. The zero-order chi connectivity index (χ0) is 17.6. The molecule has 0 aliphatic heterocycles. The van der Waals surface area contributed by atoms with Gasteiger partial charge in [-0.1, -0.05) is 13.8 Å². The van der Waals surface area contributed by atoms with Gasteiger partial charge in [-0.25, -0.2) is 4.79 Å². The highest BCUT2D eigenvalue weighted by atomic mass is 16.6. The maximum absolute atomic E-state index is 12.1. The highest BCUT2D eigenvalue weighted by Crippen LogP contribution is 2.18. The number of rotatable bonds is 5. The van der Waals surface area contributed by atoms with Crippen molar-refractivity contribution < 1.29 is 9.53 Å². The molecule has 0 saturated heterocycles. The highest BCUT2D eigenvalue weighted by Gasteiger charge is 2.30. The van der Waals surface area contributed by atoms with Gasteiger partial charge in [0.2, 0.25) is 0 Å². The number of aliphatic imine (C=N–C) groups is 1. The van der Waals surface area contributed by atoms with Crippen LogP contribution < -0.4 is 5.32 Å². The second-order valence-corrected chi connectivity index (χ2v) is 7.02. The smallest absolute Gasteiger partial charge is 0.408 e. The summed E-state index contributed by atoms with van der Waals surface area (Å²) in [7, 11) is 7.83. The number of hydrogen-bond donors (Lipinski definition) is 1. The largest absolute Gasteiger partial charge is 0.444 e. The fourth-order valence-electron chi connectivity index (χ4n) is 2.11. The van der Waals surface area contributed by atoms with Gasteiger partial charge in [0.1, 0.15) is 5.60 Å². The zero-order valence-corrected chi connectivity index (χ0v) is 15.8. The van der Waals surface area contributed by atoms with Crippen LogP contribution in [-0.4, -0.2) is 67.7 Å². The van der Waals surface area contributed by atoms with E-state index in [0.717, 1.165) is 18.8 Å². The third kappa shape index (κ3) is 7.00. The van der Waals surface area contributed by atoms with Crippen LogP contribution in [0.25, 0.3) is 0 Å². The maximum Gasteiger partial charge on any atom is 0.408 e. The number of carbonyl (C=O) groups excluding carboxylic acids is 1. The van der Waals surface area contributed by atoms with Crippen molar-refractivity contribution >= 4 is 12.1 Å². The molecule has 0 aromatic carbocycles. The molecule has 0 bridgehead atoms. The van der Waals surface area contributed by atoms with Crippen LogP contribution >= 0.6 is 0 Å². The van der Waals surface area contributed by atoms with E-state index in [1.807, 2.05) is 58.8 Å². The number of ether oxygens (including phenoxy) is 1. The van der Waals surface area contributed by atoms with Gasteiger partial charge in [-0.3, -0.25) is 4.99 Å². The normalized spacial score (nSPS) is 11.7. The first-order chi connectivity index (χ1) is 9.96. The molecule has 1 amide bonds. The summed E-state index contributed by atoms with van der Waals surface area (Å²) in [5.41, 5.74) is -0.890. The molecule has 6 nitrogen and oxygen atoms in total. The molecule has 22 heavy (non-hydrogen) atoms. The molecule has 0 fully saturated rings. The van der Waals surface area contributed by atoms with Gasteiger partial charge in [-0.15, -0.1) is 0 Å². The van der Waals surface area contributed by atoms with E-state index in [-0.39, 0.29) is 11.6 Å². The Bertz CT molecular complexity index is 370. The summed E-state index contributed by atoms with van der Waals surface area (Å²) in [6.45, 7) is 10.2. The summed E-state index contributed by atoms with van der Waals surface area (Å²) < 4.78 is 5.38. The third-order valence-electron chi connectivity index (χ3n) is 3.44. The standard InChI is InChI=1S/C16H34N4O2/c1-10-16(11-2,18-14(21)22-15(3,4)5)12-17-13(19(6)7)20(8)9/h10-12H2,1-9H3,(H,18,21). The van der Waals surface area contributed by atoms with Crippen LogP contribution in [0.5, 0.6) is 0 Å². The van der Waals surface area contributed by atoms with Crippen LogP contribution in [0.15, 0.2) is 4.99 Å². The van der Waals surface area contributed by atoms with Crippen molar-refractivity contribution in [2.75, 3.05) is 34.7 Å². The zero-order valence-electron chi connectivity index (χ0n) is 15.8. The average molecular weight is 314 g/mol. The van der Waals surface area contributed by atoms with Crippen molar-refractivity contribution in [2.24, 2.45) is 4.99 Å². The lowest BCUT2D eigenvalue weighted by atomic mass is 9.93. The fourth-order valence-corrected chi connectivity index (χ4v) is 2.11. The molecule has 0 aliphatic rings. The molecule has 0 aromatic rings. The first-order valence-electron chi connectivity index (χ1n) is 7.86. The van der Waals surface area contributed by atoms with Gasteiger partial charge >= 0.3 is 6.09 Å². The summed E-state index contributed by atoms with van der Waals surface area (Å²) >= 11 is 0. The number of carbonyl (C=O) groups is 1. The average Bonchev–Trinajstić information content (AvgIpc) is 2.34. The molecular formula is C16H34N4O2. The number of amides is 1. The van der Waals surface area contributed by atoms with Gasteiger partial charge < -0.3 is 19.9 Å². The molecule has 6 heteroatoms. The van der Waals surface area contributed by atoms with Crippen molar-refractivity contribution in [3.8, 4) is 0 Å². The van der Waals surface area contributed by atoms with Crippen LogP contribution in [-0.2, 0) is 4.74 Å². The third-order valence-corrected chi connectivity index (χ3v) is 3.44. The van der Waals surface area contributed by atoms with Crippen molar-refractivity contribution in [1.82, 2.24) is 15.1 Å². The molecule has 0 radical (unpaired) electrons. The molecule has 0 aromatic heterocycles. The molecule has 130 valence electrons. The van der Waals surface area contributed by atoms with E-state index in [1.165, 1.54) is 0 Å². The van der Waals surface area contributed by atoms with Crippen LogP contribution in [0.3, 0.4) is 0 Å². The van der Waals surface area contributed by atoms with Gasteiger partial charge in [-0.05, 0) is 33.6 Å². The van der Waals surface area contributed by atoms with E-state index in [1.54, 1.807) is 0 Å². The number of nitrogens with zero attached hydrogens (tertiary/aromatic N) is 3. The van der Waals surface area contributed by atoms with E-state index in [9.17, 15) is 4.79 Å². The Labute approximate surface area is 135 Å².